The summed E-state index contributed by atoms with van der Waals surface area (Å²) >= 11 is 0. The Labute approximate surface area is 184 Å². The molecule has 4 atom stereocenters. The van der Waals surface area contributed by atoms with Crippen LogP contribution < -0.4 is 31.3 Å². The van der Waals surface area contributed by atoms with Crippen LogP contribution in [0.2, 0.25) is 0 Å². The molecule has 4 rings (SSSR count). The fraction of sp³-hybridized carbons (Fsp3) is 0.318. The van der Waals surface area contributed by atoms with Crippen LogP contribution in [0.15, 0.2) is 42.5 Å². The number of fused-ring (bicyclic) bond motifs is 1. The minimum atomic E-state index is -0.964. The third-order valence-electron chi connectivity index (χ3n) is 5.58. The zero-order valence-electron chi connectivity index (χ0n) is 17.6. The first-order chi connectivity index (χ1) is 15.4. The third-order valence-corrected chi connectivity index (χ3v) is 5.58. The molecule has 0 radical (unpaired) electrons. The molecule has 32 heavy (non-hydrogen) atoms. The van der Waals surface area contributed by atoms with Gasteiger partial charge in [-0.25, -0.2) is 4.39 Å². The van der Waals surface area contributed by atoms with Gasteiger partial charge in [0.15, 0.2) is 6.29 Å². The second kappa shape index (κ2) is 8.83. The summed E-state index contributed by atoms with van der Waals surface area (Å²) in [5.74, 6) is -3.21. The Morgan fingerprint density at radius 1 is 1.12 bits per heavy atom. The molecule has 2 fully saturated rings. The maximum absolute atomic E-state index is 14.2. The minimum Gasteiger partial charge on any atom is -0.495 e. The summed E-state index contributed by atoms with van der Waals surface area (Å²) in [6.45, 7) is 1.73. The Bertz CT molecular complexity index is 1060. The van der Waals surface area contributed by atoms with Crippen LogP contribution in [0.3, 0.4) is 0 Å². The Hall–Kier alpha value is -3.66. The molecule has 4 unspecified atom stereocenters. The van der Waals surface area contributed by atoms with Crippen LogP contribution in [-0.2, 0) is 14.4 Å². The van der Waals surface area contributed by atoms with Crippen LogP contribution in [0.25, 0.3) is 0 Å². The first-order valence-corrected chi connectivity index (χ1v) is 10.2. The second-order valence-corrected chi connectivity index (χ2v) is 7.81. The zero-order chi connectivity index (χ0) is 22.8. The maximum atomic E-state index is 14.2. The van der Waals surface area contributed by atoms with Gasteiger partial charge in [0.1, 0.15) is 11.6 Å². The first-order valence-electron chi connectivity index (χ1n) is 10.2. The third kappa shape index (κ3) is 4.35. The van der Waals surface area contributed by atoms with E-state index in [0.29, 0.717) is 17.0 Å². The highest BCUT2D eigenvalue weighted by atomic mass is 19.1. The van der Waals surface area contributed by atoms with Crippen molar-refractivity contribution in [1.82, 2.24) is 16.0 Å². The van der Waals surface area contributed by atoms with Gasteiger partial charge in [0.2, 0.25) is 17.7 Å². The van der Waals surface area contributed by atoms with E-state index in [4.69, 9.17) is 4.74 Å². The van der Waals surface area contributed by atoms with Crippen LogP contribution in [0.1, 0.15) is 12.0 Å². The molecule has 0 saturated carbocycles. The molecule has 2 aliphatic rings. The summed E-state index contributed by atoms with van der Waals surface area (Å²) < 4.78 is 19.5. The van der Waals surface area contributed by atoms with Crippen molar-refractivity contribution in [1.29, 1.82) is 0 Å². The van der Waals surface area contributed by atoms with E-state index in [1.54, 1.807) is 25.1 Å². The Morgan fingerprint density at radius 3 is 2.66 bits per heavy atom. The number of methoxy groups -OCH3 is 1. The number of nitrogens with one attached hydrogen (secondary N) is 5. The molecule has 2 aromatic carbocycles. The Morgan fingerprint density at radius 2 is 1.91 bits per heavy atom. The number of carbonyl (C=O) groups is 3. The van der Waals surface area contributed by atoms with Crippen LogP contribution in [-0.4, -0.2) is 37.3 Å². The minimum absolute atomic E-state index is 0.00280. The molecular weight excluding hydrogens is 417 g/mol. The van der Waals surface area contributed by atoms with E-state index >= 15 is 0 Å². The maximum Gasteiger partial charge on any atom is 0.229 e. The van der Waals surface area contributed by atoms with Crippen LogP contribution in [0, 0.1) is 24.6 Å². The van der Waals surface area contributed by atoms with Crippen molar-refractivity contribution in [2.45, 2.75) is 25.8 Å². The molecule has 0 bridgehead atoms. The molecule has 2 aromatic rings. The molecule has 3 amide bonds. The van der Waals surface area contributed by atoms with Gasteiger partial charge in [0, 0.05) is 6.42 Å². The molecule has 168 valence electrons. The summed E-state index contributed by atoms with van der Waals surface area (Å²) in [4.78, 5) is 38.1. The summed E-state index contributed by atoms with van der Waals surface area (Å²) in [6.07, 6.45) is -1.67. The van der Waals surface area contributed by atoms with Crippen molar-refractivity contribution in [2.75, 3.05) is 17.7 Å². The molecule has 2 aliphatic heterocycles. The number of halogens is 1. The largest absolute Gasteiger partial charge is 0.495 e. The molecular formula is C22H24FN5O4. The van der Waals surface area contributed by atoms with Gasteiger partial charge in [-0.15, -0.1) is 0 Å². The lowest BCUT2D eigenvalue weighted by Gasteiger charge is -2.43. The highest BCUT2D eigenvalue weighted by molar-refractivity contribution is 6.00. The lowest BCUT2D eigenvalue weighted by molar-refractivity contribution is -0.144. The van der Waals surface area contributed by atoms with E-state index in [9.17, 15) is 18.8 Å². The fourth-order valence-corrected chi connectivity index (χ4v) is 4.02. The number of ether oxygens (including phenoxy) is 1. The number of hydrogen-bond donors (Lipinski definition) is 5. The van der Waals surface area contributed by atoms with Gasteiger partial charge >= 0.3 is 0 Å². The number of amides is 3. The van der Waals surface area contributed by atoms with Gasteiger partial charge in [0.05, 0.1) is 36.5 Å². The summed E-state index contributed by atoms with van der Waals surface area (Å²) in [5, 5.41) is 14.2. The summed E-state index contributed by atoms with van der Waals surface area (Å²) in [5.41, 5.74) is 1.35. The lowest BCUT2D eigenvalue weighted by Crippen LogP contribution is -2.72. The predicted octanol–water partition coefficient (Wildman–Crippen LogP) is 1.27. The molecule has 0 spiro atoms. The monoisotopic (exact) mass is 441 g/mol. The van der Waals surface area contributed by atoms with E-state index in [1.165, 1.54) is 19.2 Å². The molecule has 0 aliphatic carbocycles. The Kier molecular flexibility index (Phi) is 5.95. The van der Waals surface area contributed by atoms with Crippen LogP contribution >= 0.6 is 0 Å². The smallest absolute Gasteiger partial charge is 0.229 e. The number of rotatable bonds is 5. The standard InChI is InChI=1S/C22H24FN5O4/c1-11-7-8-14(13(23)9-11)24-20(30)12-10-17(29)26-19-18(12)21(31)28-22(27-19)25-15-5-3-4-6-16(15)32-2/h3-9,12,18-19,22,25,27H,10H2,1-2H3,(H,24,30)(H,26,29)(H,28,31). The number of piperidine rings is 1. The quantitative estimate of drug-likeness (QED) is 0.477. The van der Waals surface area contributed by atoms with Gasteiger partial charge in [-0.05, 0) is 36.8 Å². The normalized spacial score (nSPS) is 24.6. The van der Waals surface area contributed by atoms with E-state index in [-0.39, 0.29) is 18.0 Å². The van der Waals surface area contributed by atoms with Crippen molar-refractivity contribution >= 4 is 29.1 Å². The predicted molar refractivity (Wildman–Crippen MR) is 115 cm³/mol. The van der Waals surface area contributed by atoms with Crippen molar-refractivity contribution in [3.05, 3.63) is 53.8 Å². The summed E-state index contributed by atoms with van der Waals surface area (Å²) in [7, 11) is 1.53. The highest BCUT2D eigenvalue weighted by Crippen LogP contribution is 2.29. The zero-order valence-corrected chi connectivity index (χ0v) is 17.6. The SMILES string of the molecule is COc1ccccc1NC1NC(=O)C2C(NC(=O)CC2C(=O)Nc2ccc(C)cc2F)N1. The second-order valence-electron chi connectivity index (χ2n) is 7.81. The van der Waals surface area contributed by atoms with Crippen LogP contribution in [0.5, 0.6) is 5.75 Å². The molecule has 5 N–H and O–H groups in total. The number of hydrogen-bond acceptors (Lipinski definition) is 6. The average Bonchev–Trinajstić information content (AvgIpc) is 2.75. The Balaban J connectivity index is 1.50. The van der Waals surface area contributed by atoms with Gasteiger partial charge < -0.3 is 26.0 Å². The van der Waals surface area contributed by atoms with Gasteiger partial charge in [-0.1, -0.05) is 18.2 Å². The molecule has 2 saturated heterocycles. The number of aryl methyl sites for hydroxylation is 1. The molecule has 9 nitrogen and oxygen atoms in total. The van der Waals surface area contributed by atoms with E-state index in [1.807, 2.05) is 12.1 Å². The molecule has 0 aromatic heterocycles. The van der Waals surface area contributed by atoms with Gasteiger partial charge in [-0.2, -0.15) is 0 Å². The highest BCUT2D eigenvalue weighted by Gasteiger charge is 2.48. The van der Waals surface area contributed by atoms with Crippen molar-refractivity contribution < 1.29 is 23.5 Å². The average molecular weight is 441 g/mol. The number of para-hydroxylation sites is 2. The number of benzene rings is 2. The lowest BCUT2D eigenvalue weighted by atomic mass is 9.81. The van der Waals surface area contributed by atoms with E-state index < -0.39 is 41.9 Å². The summed E-state index contributed by atoms with van der Waals surface area (Å²) in [6, 6.07) is 11.6. The molecule has 2 heterocycles. The van der Waals surface area contributed by atoms with Crippen molar-refractivity contribution in [3.8, 4) is 5.75 Å². The topological polar surface area (TPSA) is 121 Å². The molecule has 10 heteroatoms. The van der Waals surface area contributed by atoms with Gasteiger partial charge in [-0.3, -0.25) is 19.7 Å². The fourth-order valence-electron chi connectivity index (χ4n) is 4.02. The first kappa shape index (κ1) is 21.6. The van der Waals surface area contributed by atoms with E-state index in [0.717, 1.165) is 0 Å². The number of anilines is 2. The van der Waals surface area contributed by atoms with Crippen molar-refractivity contribution in [2.24, 2.45) is 11.8 Å². The van der Waals surface area contributed by atoms with E-state index in [2.05, 4.69) is 26.6 Å². The van der Waals surface area contributed by atoms with Gasteiger partial charge in [0.25, 0.3) is 0 Å². The number of carbonyl (C=O) groups excluding carboxylic acids is 3. The van der Waals surface area contributed by atoms with Crippen LogP contribution in [0.4, 0.5) is 15.8 Å². The van der Waals surface area contributed by atoms with Crippen molar-refractivity contribution in [3.63, 3.8) is 0 Å².